The molecular formula is C22H28IN5O2. The van der Waals surface area contributed by atoms with Crippen molar-refractivity contribution in [2.24, 2.45) is 4.99 Å². The molecule has 1 fully saturated rings. The molecule has 0 radical (unpaired) electrons. The predicted octanol–water partition coefficient (Wildman–Crippen LogP) is 2.52. The van der Waals surface area contributed by atoms with E-state index in [0.29, 0.717) is 37.6 Å². The molecule has 1 saturated heterocycles. The Balaban J connectivity index is 0.00000320. The summed E-state index contributed by atoms with van der Waals surface area (Å²) in [6, 6.07) is 17.1. The highest BCUT2D eigenvalue weighted by Gasteiger charge is 2.31. The van der Waals surface area contributed by atoms with Gasteiger partial charge in [0.15, 0.2) is 5.96 Å². The molecule has 2 aromatic carbocycles. The summed E-state index contributed by atoms with van der Waals surface area (Å²) in [6.45, 7) is 3.61. The van der Waals surface area contributed by atoms with Crippen LogP contribution in [0.1, 0.15) is 29.3 Å². The number of carbonyl (C=O) groups is 2. The van der Waals surface area contributed by atoms with Crippen LogP contribution >= 0.6 is 24.0 Å². The van der Waals surface area contributed by atoms with E-state index in [-0.39, 0.29) is 41.8 Å². The molecule has 0 bridgehead atoms. The normalized spacial score (nSPS) is 16.1. The average Bonchev–Trinajstić information content (AvgIpc) is 3.12. The number of guanidine groups is 1. The molecule has 1 aliphatic heterocycles. The van der Waals surface area contributed by atoms with Gasteiger partial charge in [0.2, 0.25) is 5.91 Å². The van der Waals surface area contributed by atoms with Crippen LogP contribution in [0.15, 0.2) is 59.6 Å². The highest BCUT2D eigenvalue weighted by molar-refractivity contribution is 14.0. The quantitative estimate of drug-likeness (QED) is 0.310. The second kappa shape index (κ2) is 11.5. The standard InChI is InChI=1S/C22H27N5O2.HI/c1-3-24-21(29)17-9-7-8-16(12-17)14-25-22(23-2)26-18-13-20(28)27(15-18)19-10-5-4-6-11-19;/h4-12,18H,3,13-15H2,1-2H3,(H,24,29)(H2,23,25,26);1H. The summed E-state index contributed by atoms with van der Waals surface area (Å²) in [5.74, 6) is 0.641. The Kier molecular flexibility index (Phi) is 9.10. The molecule has 1 atom stereocenters. The van der Waals surface area contributed by atoms with Crippen LogP contribution in [0.3, 0.4) is 0 Å². The van der Waals surface area contributed by atoms with Gasteiger partial charge in [-0.25, -0.2) is 0 Å². The van der Waals surface area contributed by atoms with E-state index in [1.807, 2.05) is 55.5 Å². The fourth-order valence-corrected chi connectivity index (χ4v) is 3.32. The van der Waals surface area contributed by atoms with Crippen LogP contribution < -0.4 is 20.9 Å². The third-order valence-corrected chi connectivity index (χ3v) is 4.74. The Hall–Kier alpha value is -2.62. The summed E-state index contributed by atoms with van der Waals surface area (Å²) in [5, 5.41) is 9.38. The van der Waals surface area contributed by atoms with Crippen molar-refractivity contribution in [2.45, 2.75) is 25.9 Å². The first kappa shape index (κ1) is 23.7. The molecule has 1 unspecified atom stereocenters. The molecule has 0 spiro atoms. The average molecular weight is 521 g/mol. The number of carbonyl (C=O) groups excluding carboxylic acids is 2. The number of nitrogens with zero attached hydrogens (tertiary/aromatic N) is 2. The highest BCUT2D eigenvalue weighted by Crippen LogP contribution is 2.20. The zero-order valence-electron chi connectivity index (χ0n) is 17.2. The molecule has 3 rings (SSSR count). The summed E-state index contributed by atoms with van der Waals surface area (Å²) in [4.78, 5) is 30.4. The van der Waals surface area contributed by atoms with Crippen LogP contribution in [0.4, 0.5) is 5.69 Å². The molecule has 30 heavy (non-hydrogen) atoms. The van der Waals surface area contributed by atoms with E-state index in [1.165, 1.54) is 0 Å². The molecule has 0 aromatic heterocycles. The molecule has 8 heteroatoms. The van der Waals surface area contributed by atoms with Crippen molar-refractivity contribution < 1.29 is 9.59 Å². The van der Waals surface area contributed by atoms with Crippen LogP contribution in [0.2, 0.25) is 0 Å². The molecule has 0 saturated carbocycles. The lowest BCUT2D eigenvalue weighted by Gasteiger charge is -2.19. The largest absolute Gasteiger partial charge is 0.352 e. The van der Waals surface area contributed by atoms with Gasteiger partial charge in [-0.2, -0.15) is 0 Å². The fraction of sp³-hybridized carbons (Fsp3) is 0.318. The first-order valence-corrected chi connectivity index (χ1v) is 9.80. The molecule has 2 amide bonds. The van der Waals surface area contributed by atoms with Gasteiger partial charge in [-0.05, 0) is 36.8 Å². The smallest absolute Gasteiger partial charge is 0.251 e. The Morgan fingerprint density at radius 1 is 1.13 bits per heavy atom. The van der Waals surface area contributed by atoms with Crippen molar-refractivity contribution in [1.29, 1.82) is 0 Å². The number of aliphatic imine (C=N–C) groups is 1. The van der Waals surface area contributed by atoms with E-state index in [4.69, 9.17) is 0 Å². The second-order valence-electron chi connectivity index (χ2n) is 6.87. The maximum atomic E-state index is 12.4. The summed E-state index contributed by atoms with van der Waals surface area (Å²) in [6.07, 6.45) is 0.419. The number of rotatable bonds is 6. The number of benzene rings is 2. The van der Waals surface area contributed by atoms with Crippen molar-refractivity contribution in [3.05, 3.63) is 65.7 Å². The summed E-state index contributed by atoms with van der Waals surface area (Å²) in [5.41, 5.74) is 2.52. The first-order chi connectivity index (χ1) is 14.1. The number of halogens is 1. The summed E-state index contributed by atoms with van der Waals surface area (Å²) < 4.78 is 0. The third kappa shape index (κ3) is 6.19. The Morgan fingerprint density at radius 2 is 1.90 bits per heavy atom. The van der Waals surface area contributed by atoms with Gasteiger partial charge >= 0.3 is 0 Å². The second-order valence-corrected chi connectivity index (χ2v) is 6.87. The van der Waals surface area contributed by atoms with Gasteiger partial charge in [-0.15, -0.1) is 24.0 Å². The number of para-hydroxylation sites is 1. The van der Waals surface area contributed by atoms with Crippen LogP contribution in [-0.4, -0.2) is 44.0 Å². The number of nitrogens with one attached hydrogen (secondary N) is 3. The van der Waals surface area contributed by atoms with Crippen molar-refractivity contribution in [3.8, 4) is 0 Å². The summed E-state index contributed by atoms with van der Waals surface area (Å²) in [7, 11) is 1.70. The first-order valence-electron chi connectivity index (χ1n) is 9.80. The lowest BCUT2D eigenvalue weighted by atomic mass is 10.1. The van der Waals surface area contributed by atoms with E-state index < -0.39 is 0 Å². The third-order valence-electron chi connectivity index (χ3n) is 4.74. The van der Waals surface area contributed by atoms with Gasteiger partial charge in [0.1, 0.15) is 0 Å². The lowest BCUT2D eigenvalue weighted by Crippen LogP contribution is -2.44. The zero-order chi connectivity index (χ0) is 20.6. The minimum absolute atomic E-state index is 0. The van der Waals surface area contributed by atoms with Crippen molar-refractivity contribution >= 4 is 47.4 Å². The zero-order valence-corrected chi connectivity index (χ0v) is 19.6. The summed E-state index contributed by atoms with van der Waals surface area (Å²) >= 11 is 0. The van der Waals surface area contributed by atoms with Crippen LogP contribution in [0.25, 0.3) is 0 Å². The van der Waals surface area contributed by atoms with Gasteiger partial charge < -0.3 is 20.9 Å². The number of hydrogen-bond acceptors (Lipinski definition) is 3. The topological polar surface area (TPSA) is 85.8 Å². The minimum Gasteiger partial charge on any atom is -0.352 e. The Labute approximate surface area is 194 Å². The molecule has 1 aliphatic rings. The number of hydrogen-bond donors (Lipinski definition) is 3. The van der Waals surface area contributed by atoms with E-state index >= 15 is 0 Å². The number of anilines is 1. The Morgan fingerprint density at radius 3 is 2.60 bits per heavy atom. The highest BCUT2D eigenvalue weighted by atomic mass is 127. The van der Waals surface area contributed by atoms with E-state index in [0.717, 1.165) is 11.3 Å². The molecule has 1 heterocycles. The molecule has 7 nitrogen and oxygen atoms in total. The van der Waals surface area contributed by atoms with Crippen LogP contribution in [0.5, 0.6) is 0 Å². The van der Waals surface area contributed by atoms with Gasteiger partial charge in [0, 0.05) is 44.4 Å². The predicted molar refractivity (Wildman–Crippen MR) is 130 cm³/mol. The van der Waals surface area contributed by atoms with Crippen LogP contribution in [0, 0.1) is 0 Å². The van der Waals surface area contributed by atoms with Crippen molar-refractivity contribution in [2.75, 3.05) is 25.0 Å². The van der Waals surface area contributed by atoms with Gasteiger partial charge in [-0.3, -0.25) is 14.6 Å². The number of amides is 2. The van der Waals surface area contributed by atoms with Crippen molar-refractivity contribution in [1.82, 2.24) is 16.0 Å². The maximum Gasteiger partial charge on any atom is 0.251 e. The lowest BCUT2D eigenvalue weighted by molar-refractivity contribution is -0.117. The van der Waals surface area contributed by atoms with Crippen molar-refractivity contribution in [3.63, 3.8) is 0 Å². The molecule has 0 aliphatic carbocycles. The SMILES string of the molecule is CCNC(=O)c1cccc(CNC(=NC)NC2CC(=O)N(c3ccccc3)C2)c1.I. The van der Waals surface area contributed by atoms with E-state index in [9.17, 15) is 9.59 Å². The van der Waals surface area contributed by atoms with Gasteiger partial charge in [-0.1, -0.05) is 30.3 Å². The monoisotopic (exact) mass is 521 g/mol. The van der Waals surface area contributed by atoms with Crippen LogP contribution in [-0.2, 0) is 11.3 Å². The molecular weight excluding hydrogens is 493 g/mol. The maximum absolute atomic E-state index is 12.4. The van der Waals surface area contributed by atoms with Gasteiger partial charge in [0.05, 0.1) is 6.04 Å². The molecule has 160 valence electrons. The van der Waals surface area contributed by atoms with Gasteiger partial charge in [0.25, 0.3) is 5.91 Å². The van der Waals surface area contributed by atoms with E-state index in [1.54, 1.807) is 18.0 Å². The molecule has 2 aromatic rings. The van der Waals surface area contributed by atoms with E-state index in [2.05, 4.69) is 20.9 Å². The fourth-order valence-electron chi connectivity index (χ4n) is 3.32. The minimum atomic E-state index is -0.0812. The Bertz CT molecular complexity index is 888. The molecule has 3 N–H and O–H groups in total.